The number of fused-ring (bicyclic) bond motifs is 1. The molecule has 5 heteroatoms. The molecule has 0 spiro atoms. The van der Waals surface area contributed by atoms with E-state index in [1.54, 1.807) is 29.2 Å². The van der Waals surface area contributed by atoms with Gasteiger partial charge in [0, 0.05) is 17.3 Å². The normalized spacial score (nSPS) is 20.0. The standard InChI is InChI=1S/C18H16FNO3/c1-11-10-15(18(22)23)14-4-2-3-5-16(14)20(11)17(21)12-6-8-13(19)9-7-12/h2-9,11,15H,10H2,1H3,(H,22,23)/t11-,15+/m0/s1. The second-order valence-electron chi connectivity index (χ2n) is 5.72. The largest absolute Gasteiger partial charge is 0.481 e. The number of rotatable bonds is 2. The first-order valence-corrected chi connectivity index (χ1v) is 7.40. The highest BCUT2D eigenvalue weighted by Crippen LogP contribution is 2.39. The molecule has 1 aliphatic rings. The van der Waals surface area contributed by atoms with E-state index in [1.807, 2.05) is 6.92 Å². The van der Waals surface area contributed by atoms with Gasteiger partial charge in [0.2, 0.25) is 0 Å². The number of anilines is 1. The number of aliphatic carboxylic acids is 1. The van der Waals surface area contributed by atoms with Crippen molar-refractivity contribution >= 4 is 17.6 Å². The van der Waals surface area contributed by atoms with E-state index in [-0.39, 0.29) is 11.9 Å². The minimum Gasteiger partial charge on any atom is -0.481 e. The fourth-order valence-electron chi connectivity index (χ4n) is 3.09. The van der Waals surface area contributed by atoms with Crippen LogP contribution in [0.15, 0.2) is 48.5 Å². The molecule has 23 heavy (non-hydrogen) atoms. The second kappa shape index (κ2) is 5.83. The van der Waals surface area contributed by atoms with Gasteiger partial charge in [-0.15, -0.1) is 0 Å². The molecule has 2 aromatic rings. The molecule has 0 unspecified atom stereocenters. The van der Waals surface area contributed by atoms with Crippen molar-refractivity contribution in [2.45, 2.75) is 25.3 Å². The van der Waals surface area contributed by atoms with Crippen molar-refractivity contribution in [3.8, 4) is 0 Å². The van der Waals surface area contributed by atoms with Crippen molar-refractivity contribution in [2.75, 3.05) is 4.90 Å². The molecule has 0 aromatic heterocycles. The molecule has 1 N–H and O–H groups in total. The second-order valence-corrected chi connectivity index (χ2v) is 5.72. The van der Waals surface area contributed by atoms with Gasteiger partial charge in [-0.25, -0.2) is 4.39 Å². The highest BCUT2D eigenvalue weighted by molar-refractivity contribution is 6.07. The summed E-state index contributed by atoms with van der Waals surface area (Å²) >= 11 is 0. The molecule has 2 aromatic carbocycles. The van der Waals surface area contributed by atoms with Crippen LogP contribution in [0.5, 0.6) is 0 Å². The number of halogens is 1. The summed E-state index contributed by atoms with van der Waals surface area (Å²) in [5.74, 6) is -2.18. The van der Waals surface area contributed by atoms with Crippen molar-refractivity contribution in [3.05, 3.63) is 65.5 Å². The first-order chi connectivity index (χ1) is 11.0. The third kappa shape index (κ3) is 2.70. The van der Waals surface area contributed by atoms with Crippen LogP contribution in [0, 0.1) is 5.82 Å². The summed E-state index contributed by atoms with van der Waals surface area (Å²) in [6, 6.07) is 12.1. The molecule has 2 atom stereocenters. The lowest BCUT2D eigenvalue weighted by atomic mass is 9.85. The Kier molecular flexibility index (Phi) is 3.86. The number of carboxylic acids is 1. The summed E-state index contributed by atoms with van der Waals surface area (Å²) in [6.45, 7) is 1.83. The van der Waals surface area contributed by atoms with E-state index in [1.165, 1.54) is 24.3 Å². The van der Waals surface area contributed by atoms with Crippen LogP contribution in [0.2, 0.25) is 0 Å². The van der Waals surface area contributed by atoms with Crippen LogP contribution in [0.3, 0.4) is 0 Å². The summed E-state index contributed by atoms with van der Waals surface area (Å²) in [4.78, 5) is 25.9. The molecule has 0 fully saturated rings. The molecule has 3 rings (SSSR count). The zero-order valence-electron chi connectivity index (χ0n) is 12.6. The Labute approximate surface area is 133 Å². The predicted octanol–water partition coefficient (Wildman–Crippen LogP) is 3.43. The number of nitrogens with zero attached hydrogens (tertiary/aromatic N) is 1. The first-order valence-electron chi connectivity index (χ1n) is 7.40. The molecule has 0 saturated carbocycles. The number of carbonyl (C=O) groups excluding carboxylic acids is 1. The zero-order valence-corrected chi connectivity index (χ0v) is 12.6. The van der Waals surface area contributed by atoms with E-state index in [4.69, 9.17) is 0 Å². The molecule has 118 valence electrons. The average Bonchev–Trinajstić information content (AvgIpc) is 2.54. The van der Waals surface area contributed by atoms with Crippen LogP contribution in [0.4, 0.5) is 10.1 Å². The van der Waals surface area contributed by atoms with Gasteiger partial charge in [0.25, 0.3) is 5.91 Å². The fraction of sp³-hybridized carbons (Fsp3) is 0.222. The molecule has 0 radical (unpaired) electrons. The molecular weight excluding hydrogens is 297 g/mol. The summed E-state index contributed by atoms with van der Waals surface area (Å²) in [7, 11) is 0. The Bertz CT molecular complexity index is 757. The third-order valence-electron chi connectivity index (χ3n) is 4.20. The van der Waals surface area contributed by atoms with E-state index in [0.29, 0.717) is 23.2 Å². The molecule has 1 heterocycles. The van der Waals surface area contributed by atoms with Crippen LogP contribution in [0.25, 0.3) is 0 Å². The van der Waals surface area contributed by atoms with E-state index in [9.17, 15) is 19.1 Å². The monoisotopic (exact) mass is 313 g/mol. The van der Waals surface area contributed by atoms with E-state index >= 15 is 0 Å². The molecule has 0 saturated heterocycles. The predicted molar refractivity (Wildman–Crippen MR) is 84.1 cm³/mol. The summed E-state index contributed by atoms with van der Waals surface area (Å²) in [5, 5.41) is 9.43. The lowest BCUT2D eigenvalue weighted by Gasteiger charge is -2.38. The minimum absolute atomic E-state index is 0.256. The molecule has 1 aliphatic heterocycles. The number of benzene rings is 2. The average molecular weight is 313 g/mol. The minimum atomic E-state index is -0.891. The number of para-hydroxylation sites is 1. The van der Waals surface area contributed by atoms with Gasteiger partial charge in [-0.2, -0.15) is 0 Å². The van der Waals surface area contributed by atoms with E-state index in [2.05, 4.69) is 0 Å². The van der Waals surface area contributed by atoms with Crippen LogP contribution in [-0.4, -0.2) is 23.0 Å². The van der Waals surface area contributed by atoms with Gasteiger partial charge in [0.05, 0.1) is 5.92 Å². The quantitative estimate of drug-likeness (QED) is 0.924. The number of carbonyl (C=O) groups is 2. The van der Waals surface area contributed by atoms with E-state index < -0.39 is 17.7 Å². The van der Waals surface area contributed by atoms with Crippen LogP contribution >= 0.6 is 0 Å². The highest BCUT2D eigenvalue weighted by atomic mass is 19.1. The van der Waals surface area contributed by atoms with Gasteiger partial charge < -0.3 is 10.0 Å². The molecule has 0 bridgehead atoms. The van der Waals surface area contributed by atoms with Gasteiger partial charge in [-0.3, -0.25) is 9.59 Å². The molecule has 0 aliphatic carbocycles. The first kappa shape index (κ1) is 15.2. The maximum Gasteiger partial charge on any atom is 0.311 e. The Morgan fingerprint density at radius 2 is 1.78 bits per heavy atom. The zero-order chi connectivity index (χ0) is 16.6. The SMILES string of the molecule is C[C@H]1C[C@@H](C(=O)O)c2ccccc2N1C(=O)c1ccc(F)cc1. The molecular formula is C18H16FNO3. The maximum absolute atomic E-state index is 13.1. The third-order valence-corrected chi connectivity index (χ3v) is 4.20. The van der Waals surface area contributed by atoms with Crippen molar-refractivity contribution in [1.82, 2.24) is 0 Å². The van der Waals surface area contributed by atoms with Gasteiger partial charge in [-0.05, 0) is 49.2 Å². The fourth-order valence-corrected chi connectivity index (χ4v) is 3.09. The van der Waals surface area contributed by atoms with Crippen LogP contribution < -0.4 is 4.90 Å². The summed E-state index contributed by atoms with van der Waals surface area (Å²) < 4.78 is 13.1. The number of amides is 1. The van der Waals surface area contributed by atoms with Crippen molar-refractivity contribution in [1.29, 1.82) is 0 Å². The number of carboxylic acid groups (broad SMARTS) is 1. The van der Waals surface area contributed by atoms with Crippen molar-refractivity contribution < 1.29 is 19.1 Å². The highest BCUT2D eigenvalue weighted by Gasteiger charge is 2.37. The molecule has 1 amide bonds. The lowest BCUT2D eigenvalue weighted by Crippen LogP contribution is -2.44. The van der Waals surface area contributed by atoms with E-state index in [0.717, 1.165) is 0 Å². The number of hydrogen-bond acceptors (Lipinski definition) is 2. The van der Waals surface area contributed by atoms with Crippen LogP contribution in [-0.2, 0) is 4.79 Å². The van der Waals surface area contributed by atoms with Crippen molar-refractivity contribution in [3.63, 3.8) is 0 Å². The van der Waals surface area contributed by atoms with Crippen molar-refractivity contribution in [2.24, 2.45) is 0 Å². The Balaban J connectivity index is 2.05. The topological polar surface area (TPSA) is 57.6 Å². The smallest absolute Gasteiger partial charge is 0.311 e. The number of hydrogen-bond donors (Lipinski definition) is 1. The lowest BCUT2D eigenvalue weighted by molar-refractivity contribution is -0.139. The van der Waals surface area contributed by atoms with Gasteiger partial charge in [0.1, 0.15) is 5.82 Å². The maximum atomic E-state index is 13.1. The van der Waals surface area contributed by atoms with Gasteiger partial charge in [0.15, 0.2) is 0 Å². The van der Waals surface area contributed by atoms with Crippen LogP contribution in [0.1, 0.15) is 35.2 Å². The summed E-state index contributed by atoms with van der Waals surface area (Å²) in [5.41, 5.74) is 1.61. The molecule has 4 nitrogen and oxygen atoms in total. The van der Waals surface area contributed by atoms with Gasteiger partial charge in [-0.1, -0.05) is 18.2 Å². The Morgan fingerprint density at radius 1 is 1.13 bits per heavy atom. The summed E-state index contributed by atoms with van der Waals surface area (Å²) in [6.07, 6.45) is 0.347. The van der Waals surface area contributed by atoms with Gasteiger partial charge >= 0.3 is 5.97 Å². The Hall–Kier alpha value is -2.69. The Morgan fingerprint density at radius 3 is 2.43 bits per heavy atom.